The van der Waals surface area contributed by atoms with Crippen molar-refractivity contribution in [1.29, 1.82) is 0 Å². The average Bonchev–Trinajstić information content (AvgIpc) is 3.43. The summed E-state index contributed by atoms with van der Waals surface area (Å²) in [5.41, 5.74) is 1.21. The second-order valence-corrected chi connectivity index (χ2v) is 13.5. The molecule has 2 saturated heterocycles. The van der Waals surface area contributed by atoms with E-state index < -0.39 is 0 Å². The van der Waals surface area contributed by atoms with Crippen LogP contribution in [0.15, 0.2) is 30.3 Å². The lowest BCUT2D eigenvalue weighted by Crippen LogP contribution is -2.31. The van der Waals surface area contributed by atoms with Crippen LogP contribution in [-0.4, -0.2) is 61.2 Å². The Morgan fingerprint density at radius 1 is 1.19 bits per heavy atom. The molecule has 0 bridgehead atoms. The van der Waals surface area contributed by atoms with Crippen molar-refractivity contribution in [2.75, 3.05) is 32.2 Å². The Kier molecular flexibility index (Phi) is 14.2. The van der Waals surface area contributed by atoms with Gasteiger partial charge in [0.25, 0.3) is 0 Å². The maximum absolute atomic E-state index is 12.3. The molecule has 5 nitrogen and oxygen atoms in total. The van der Waals surface area contributed by atoms with Gasteiger partial charge in [-0.2, -0.15) is 0 Å². The van der Waals surface area contributed by atoms with Gasteiger partial charge in [0, 0.05) is 31.3 Å². The van der Waals surface area contributed by atoms with Gasteiger partial charge in [-0.05, 0) is 70.1 Å². The van der Waals surface area contributed by atoms with Gasteiger partial charge in [-0.25, -0.2) is 0 Å². The summed E-state index contributed by atoms with van der Waals surface area (Å²) in [6.07, 6.45) is 9.82. The van der Waals surface area contributed by atoms with Crippen LogP contribution >= 0.6 is 23.5 Å². The van der Waals surface area contributed by atoms with Crippen molar-refractivity contribution in [3.63, 3.8) is 0 Å². The van der Waals surface area contributed by atoms with E-state index in [0.717, 1.165) is 51.6 Å². The van der Waals surface area contributed by atoms with Gasteiger partial charge in [-0.1, -0.05) is 43.7 Å². The molecular formula is C30H48O5S2. The molecule has 1 aromatic rings. The van der Waals surface area contributed by atoms with Crippen LogP contribution < -0.4 is 0 Å². The second kappa shape index (κ2) is 17.1. The van der Waals surface area contributed by atoms with Crippen molar-refractivity contribution in [2.24, 2.45) is 0 Å². The molecule has 0 spiro atoms. The second-order valence-electron chi connectivity index (χ2n) is 10.6. The molecule has 0 N–H and O–H groups in total. The van der Waals surface area contributed by atoms with Crippen molar-refractivity contribution < 1.29 is 23.7 Å². The molecule has 1 aromatic carbocycles. The van der Waals surface area contributed by atoms with E-state index in [2.05, 4.69) is 67.7 Å². The lowest BCUT2D eigenvalue weighted by molar-refractivity contribution is -0.150. The fourth-order valence-corrected chi connectivity index (χ4v) is 8.10. The maximum atomic E-state index is 12.3. The minimum Gasteiger partial charge on any atom is -0.463 e. The van der Waals surface area contributed by atoms with E-state index in [1.165, 1.54) is 24.2 Å². The van der Waals surface area contributed by atoms with Crippen LogP contribution in [0.1, 0.15) is 95.1 Å². The molecule has 7 heteroatoms. The maximum Gasteiger partial charge on any atom is 0.306 e. The molecular weight excluding hydrogens is 504 g/mol. The third-order valence-electron chi connectivity index (χ3n) is 7.41. The summed E-state index contributed by atoms with van der Waals surface area (Å²) in [5, 5.41) is 0.688. The molecule has 0 saturated carbocycles. The zero-order chi connectivity index (χ0) is 26.3. The van der Waals surface area contributed by atoms with Crippen LogP contribution in [0.2, 0.25) is 0 Å². The first-order chi connectivity index (χ1) is 18.0. The molecule has 2 aliphatic rings. The number of carbonyl (C=O) groups is 1. The van der Waals surface area contributed by atoms with Crippen molar-refractivity contribution in [2.45, 2.75) is 113 Å². The van der Waals surface area contributed by atoms with Gasteiger partial charge in [0.2, 0.25) is 0 Å². The molecule has 37 heavy (non-hydrogen) atoms. The van der Waals surface area contributed by atoms with Crippen LogP contribution in [0, 0.1) is 0 Å². The lowest BCUT2D eigenvalue weighted by Gasteiger charge is -2.29. The van der Waals surface area contributed by atoms with Gasteiger partial charge in [-0.3, -0.25) is 4.79 Å². The van der Waals surface area contributed by atoms with E-state index in [0.29, 0.717) is 36.1 Å². The third-order valence-corrected chi connectivity index (χ3v) is 10.6. The number of carbonyl (C=O) groups excluding carboxylic acids is 1. The molecule has 0 aliphatic carbocycles. The van der Waals surface area contributed by atoms with Gasteiger partial charge in [0.05, 0.1) is 29.5 Å². The third kappa shape index (κ3) is 11.9. The van der Waals surface area contributed by atoms with Crippen LogP contribution in [0.5, 0.6) is 0 Å². The molecule has 0 amide bonds. The summed E-state index contributed by atoms with van der Waals surface area (Å²) in [7, 11) is 0. The van der Waals surface area contributed by atoms with Crippen LogP contribution in [0.3, 0.4) is 0 Å². The summed E-state index contributed by atoms with van der Waals surface area (Å²) in [5.74, 6) is 1.14. The summed E-state index contributed by atoms with van der Waals surface area (Å²) < 4.78 is 23.8. The summed E-state index contributed by atoms with van der Waals surface area (Å²) >= 11 is 4.16. The number of hydrogen-bond acceptors (Lipinski definition) is 7. The molecule has 5 unspecified atom stereocenters. The Bertz CT molecular complexity index is 758. The molecule has 0 radical (unpaired) electrons. The quantitative estimate of drug-likeness (QED) is 0.146. The Labute approximate surface area is 233 Å². The smallest absolute Gasteiger partial charge is 0.306 e. The van der Waals surface area contributed by atoms with Crippen molar-refractivity contribution >= 4 is 29.5 Å². The van der Waals surface area contributed by atoms with Crippen LogP contribution in [-0.2, 0) is 23.7 Å². The van der Waals surface area contributed by atoms with Gasteiger partial charge in [0.15, 0.2) is 0 Å². The number of ether oxygens (including phenoxy) is 4. The van der Waals surface area contributed by atoms with E-state index in [-0.39, 0.29) is 23.8 Å². The fraction of sp³-hybridized carbons (Fsp3) is 0.767. The van der Waals surface area contributed by atoms with E-state index >= 15 is 0 Å². The zero-order valence-corrected chi connectivity index (χ0v) is 24.8. The van der Waals surface area contributed by atoms with E-state index in [4.69, 9.17) is 18.9 Å². The molecule has 2 fully saturated rings. The number of hydrogen-bond donors (Lipinski definition) is 0. The SMILES string of the molecule is CCC(C)(CCOCC1CCCO1)OCCC(C)OC(=O)CCCCC1CCSC(c2ccccc2)S1. The number of thioether (sulfide) groups is 2. The standard InChI is InChI=1S/C30H48O5S2/c1-4-30(3,18-21-32-23-26-13-10-19-33-26)34-20-16-24(2)35-28(31)15-9-8-14-27-17-22-36-29(37-27)25-11-6-5-7-12-25/h5-7,11-12,24,26-27,29H,4,8-10,13-23H2,1-3H3. The van der Waals surface area contributed by atoms with E-state index in [1.807, 2.05) is 6.92 Å². The van der Waals surface area contributed by atoms with E-state index in [1.54, 1.807) is 0 Å². The minimum absolute atomic E-state index is 0.0812. The topological polar surface area (TPSA) is 54.0 Å². The highest BCUT2D eigenvalue weighted by Gasteiger charge is 2.25. The van der Waals surface area contributed by atoms with E-state index in [9.17, 15) is 4.79 Å². The van der Waals surface area contributed by atoms with Crippen molar-refractivity contribution in [3.8, 4) is 0 Å². The van der Waals surface area contributed by atoms with Gasteiger partial charge in [-0.15, -0.1) is 23.5 Å². The lowest BCUT2D eigenvalue weighted by atomic mass is 9.99. The summed E-state index contributed by atoms with van der Waals surface area (Å²) in [6, 6.07) is 10.8. The zero-order valence-electron chi connectivity index (χ0n) is 23.2. The Morgan fingerprint density at radius 2 is 2.03 bits per heavy atom. The minimum atomic E-state index is -0.213. The molecule has 2 aliphatic heterocycles. The largest absolute Gasteiger partial charge is 0.463 e. The first-order valence-electron chi connectivity index (χ1n) is 14.3. The Morgan fingerprint density at radius 3 is 2.78 bits per heavy atom. The monoisotopic (exact) mass is 552 g/mol. The fourth-order valence-electron chi connectivity index (χ4n) is 4.67. The van der Waals surface area contributed by atoms with Crippen LogP contribution in [0.4, 0.5) is 0 Å². The highest BCUT2D eigenvalue weighted by molar-refractivity contribution is 8.17. The molecule has 0 aromatic heterocycles. The summed E-state index contributed by atoms with van der Waals surface area (Å²) in [4.78, 5) is 12.3. The number of esters is 1. The normalized spacial score (nSPS) is 24.5. The molecule has 3 rings (SSSR count). The Hall–Kier alpha value is -0.730. The van der Waals surface area contributed by atoms with Crippen LogP contribution in [0.25, 0.3) is 0 Å². The number of rotatable bonds is 17. The molecule has 2 heterocycles. The first-order valence-corrected chi connectivity index (χ1v) is 16.3. The van der Waals surface area contributed by atoms with Gasteiger partial charge in [0.1, 0.15) is 6.10 Å². The number of unbranched alkanes of at least 4 members (excludes halogenated alkanes) is 1. The van der Waals surface area contributed by atoms with Crippen molar-refractivity contribution in [1.82, 2.24) is 0 Å². The predicted octanol–water partition coefficient (Wildman–Crippen LogP) is 7.58. The average molecular weight is 553 g/mol. The highest BCUT2D eigenvalue weighted by atomic mass is 32.2. The Balaban J connectivity index is 1.22. The summed E-state index contributed by atoms with van der Waals surface area (Å²) in [6.45, 7) is 9.07. The predicted molar refractivity (Wildman–Crippen MR) is 155 cm³/mol. The number of benzene rings is 1. The first kappa shape index (κ1) is 30.8. The van der Waals surface area contributed by atoms with Gasteiger partial charge >= 0.3 is 5.97 Å². The van der Waals surface area contributed by atoms with Gasteiger partial charge < -0.3 is 18.9 Å². The molecule has 210 valence electrons. The van der Waals surface area contributed by atoms with Crippen molar-refractivity contribution in [3.05, 3.63) is 35.9 Å². The molecule has 5 atom stereocenters. The highest BCUT2D eigenvalue weighted by Crippen LogP contribution is 2.48.